The molecule has 0 aliphatic rings. The highest BCUT2D eigenvalue weighted by molar-refractivity contribution is 6.36. The van der Waals surface area contributed by atoms with E-state index in [0.717, 1.165) is 6.07 Å². The summed E-state index contributed by atoms with van der Waals surface area (Å²) in [6, 6.07) is 1.77. The first kappa shape index (κ1) is 13.8. The van der Waals surface area contributed by atoms with Crippen molar-refractivity contribution in [3.05, 3.63) is 45.7 Å². The number of halogens is 3. The average molecular weight is 303 g/mol. The van der Waals surface area contributed by atoms with Gasteiger partial charge < -0.3 is 5.32 Å². The van der Waals surface area contributed by atoms with Crippen molar-refractivity contribution in [3.8, 4) is 0 Å². The summed E-state index contributed by atoms with van der Waals surface area (Å²) in [6.07, 6.45) is 1.33. The summed E-state index contributed by atoms with van der Waals surface area (Å²) in [4.78, 5) is 15.9. The molecule has 1 heterocycles. The van der Waals surface area contributed by atoms with Crippen LogP contribution in [0.2, 0.25) is 10.0 Å². The van der Waals surface area contributed by atoms with Crippen molar-refractivity contribution < 1.29 is 9.18 Å². The minimum Gasteiger partial charge on any atom is -0.342 e. The number of nitrogens with zero attached hydrogens (tertiary/aromatic N) is 2. The van der Waals surface area contributed by atoms with Crippen molar-refractivity contribution in [1.82, 2.24) is 20.5 Å². The molecular formula is C11H9Cl2FN4O. The zero-order chi connectivity index (χ0) is 14.0. The summed E-state index contributed by atoms with van der Waals surface area (Å²) in [5.41, 5.74) is 0.00920. The van der Waals surface area contributed by atoms with E-state index in [1.807, 2.05) is 0 Å². The maximum atomic E-state index is 13.3. The third kappa shape index (κ3) is 3.02. The molecule has 0 radical (unpaired) electrons. The van der Waals surface area contributed by atoms with Crippen LogP contribution < -0.4 is 5.32 Å². The van der Waals surface area contributed by atoms with Gasteiger partial charge in [0.15, 0.2) is 0 Å². The number of carbonyl (C=O) groups is 1. The average Bonchev–Trinajstić information content (AvgIpc) is 2.87. The summed E-state index contributed by atoms with van der Waals surface area (Å²) >= 11 is 11.4. The fourth-order valence-electron chi connectivity index (χ4n) is 1.46. The van der Waals surface area contributed by atoms with Gasteiger partial charge in [-0.3, -0.25) is 9.89 Å². The van der Waals surface area contributed by atoms with Crippen LogP contribution in [0.3, 0.4) is 0 Å². The number of hydrogen-bond donors (Lipinski definition) is 2. The van der Waals surface area contributed by atoms with E-state index in [9.17, 15) is 9.18 Å². The van der Waals surface area contributed by atoms with Crippen molar-refractivity contribution in [3.63, 3.8) is 0 Å². The Hall–Kier alpha value is -1.66. The Morgan fingerprint density at radius 1 is 1.42 bits per heavy atom. The third-order valence-electron chi connectivity index (χ3n) is 2.45. The molecule has 19 heavy (non-hydrogen) atoms. The number of hydrogen-bond acceptors (Lipinski definition) is 3. The monoisotopic (exact) mass is 302 g/mol. The number of aromatic amines is 1. The Kier molecular flexibility index (Phi) is 4.01. The Morgan fingerprint density at radius 3 is 2.79 bits per heavy atom. The molecule has 0 aliphatic carbocycles. The molecule has 1 aromatic heterocycles. The number of aromatic nitrogens is 3. The summed E-state index contributed by atoms with van der Waals surface area (Å²) in [6.45, 7) is 1.71. The third-order valence-corrected chi connectivity index (χ3v) is 3.05. The van der Waals surface area contributed by atoms with Gasteiger partial charge in [0.1, 0.15) is 18.0 Å². The van der Waals surface area contributed by atoms with E-state index in [4.69, 9.17) is 23.2 Å². The van der Waals surface area contributed by atoms with Gasteiger partial charge in [-0.15, -0.1) is 0 Å². The smallest absolute Gasteiger partial charge is 0.253 e. The Morgan fingerprint density at radius 2 is 2.16 bits per heavy atom. The van der Waals surface area contributed by atoms with Gasteiger partial charge in [-0.2, -0.15) is 5.10 Å². The molecule has 1 aromatic carbocycles. The molecule has 5 nitrogen and oxygen atoms in total. The first-order valence-corrected chi connectivity index (χ1v) is 6.05. The second kappa shape index (κ2) is 5.54. The second-order valence-corrected chi connectivity index (χ2v) is 4.63. The maximum absolute atomic E-state index is 13.3. The van der Waals surface area contributed by atoms with E-state index >= 15 is 0 Å². The number of nitrogens with one attached hydrogen (secondary N) is 2. The number of carbonyl (C=O) groups excluding carboxylic acids is 1. The molecule has 0 aliphatic heterocycles. The molecule has 100 valence electrons. The van der Waals surface area contributed by atoms with Crippen LogP contribution in [-0.4, -0.2) is 21.1 Å². The molecule has 0 bridgehead atoms. The topological polar surface area (TPSA) is 70.7 Å². The van der Waals surface area contributed by atoms with Crippen LogP contribution in [0, 0.1) is 5.82 Å². The van der Waals surface area contributed by atoms with Gasteiger partial charge in [0.2, 0.25) is 0 Å². The number of H-pyrrole nitrogens is 1. The van der Waals surface area contributed by atoms with Crippen molar-refractivity contribution in [2.75, 3.05) is 0 Å². The maximum Gasteiger partial charge on any atom is 0.253 e. The van der Waals surface area contributed by atoms with Gasteiger partial charge in [0, 0.05) is 0 Å². The Balaban J connectivity index is 2.19. The minimum atomic E-state index is -0.705. The lowest BCUT2D eigenvalue weighted by Gasteiger charge is -2.12. The van der Waals surface area contributed by atoms with Gasteiger partial charge >= 0.3 is 0 Å². The molecule has 0 saturated carbocycles. The van der Waals surface area contributed by atoms with Crippen molar-refractivity contribution in [2.45, 2.75) is 13.0 Å². The lowest BCUT2D eigenvalue weighted by Crippen LogP contribution is -2.27. The first-order chi connectivity index (χ1) is 8.99. The van der Waals surface area contributed by atoms with Gasteiger partial charge in [0.05, 0.1) is 21.7 Å². The number of benzene rings is 1. The SMILES string of the molecule is CC(NC(=O)c1cc(F)c(Cl)cc1Cl)c1ncn[nH]1. The highest BCUT2D eigenvalue weighted by Gasteiger charge is 2.17. The number of amides is 1. The highest BCUT2D eigenvalue weighted by atomic mass is 35.5. The summed E-state index contributed by atoms with van der Waals surface area (Å²) < 4.78 is 13.3. The molecule has 0 saturated heterocycles. The molecular weight excluding hydrogens is 294 g/mol. The van der Waals surface area contributed by atoms with E-state index in [2.05, 4.69) is 20.5 Å². The molecule has 0 fully saturated rings. The summed E-state index contributed by atoms with van der Waals surface area (Å²) in [7, 11) is 0. The van der Waals surface area contributed by atoms with E-state index in [0.29, 0.717) is 5.82 Å². The largest absolute Gasteiger partial charge is 0.342 e. The van der Waals surface area contributed by atoms with Gasteiger partial charge in [-0.05, 0) is 19.1 Å². The molecule has 8 heteroatoms. The van der Waals surface area contributed by atoms with Crippen molar-refractivity contribution in [2.24, 2.45) is 0 Å². The number of rotatable bonds is 3. The van der Waals surface area contributed by atoms with Crippen molar-refractivity contribution in [1.29, 1.82) is 0 Å². The molecule has 1 amide bonds. The molecule has 1 atom stereocenters. The predicted octanol–water partition coefficient (Wildman–Crippen LogP) is 2.74. The van der Waals surface area contributed by atoms with Crippen LogP contribution in [0.1, 0.15) is 29.1 Å². The standard InChI is InChI=1S/C11H9Cl2FN4O/c1-5(10-15-4-16-18-10)17-11(19)6-2-9(14)8(13)3-7(6)12/h2-5H,1H3,(H,17,19)(H,15,16,18). The first-order valence-electron chi connectivity index (χ1n) is 5.29. The van der Waals surface area contributed by atoms with Crippen LogP contribution in [0.15, 0.2) is 18.5 Å². The van der Waals surface area contributed by atoms with Crippen LogP contribution >= 0.6 is 23.2 Å². The quantitative estimate of drug-likeness (QED) is 0.857. The lowest BCUT2D eigenvalue weighted by molar-refractivity contribution is 0.0938. The Labute approximate surface area is 118 Å². The van der Waals surface area contributed by atoms with E-state index in [1.165, 1.54) is 12.4 Å². The fourth-order valence-corrected chi connectivity index (χ4v) is 1.93. The molecule has 2 rings (SSSR count). The van der Waals surface area contributed by atoms with Crippen LogP contribution in [0.4, 0.5) is 4.39 Å². The minimum absolute atomic E-state index is 0.00920. The van der Waals surface area contributed by atoms with E-state index in [-0.39, 0.29) is 15.6 Å². The van der Waals surface area contributed by atoms with Gasteiger partial charge in [0.25, 0.3) is 5.91 Å². The highest BCUT2D eigenvalue weighted by Crippen LogP contribution is 2.24. The lowest BCUT2D eigenvalue weighted by atomic mass is 10.2. The molecule has 2 N–H and O–H groups in total. The summed E-state index contributed by atoms with van der Waals surface area (Å²) in [5.74, 6) is -0.744. The van der Waals surface area contributed by atoms with Gasteiger partial charge in [-0.25, -0.2) is 9.37 Å². The van der Waals surface area contributed by atoms with E-state index in [1.54, 1.807) is 6.92 Å². The molecule has 1 unspecified atom stereocenters. The van der Waals surface area contributed by atoms with E-state index < -0.39 is 17.8 Å². The van der Waals surface area contributed by atoms with Crippen LogP contribution in [-0.2, 0) is 0 Å². The zero-order valence-corrected chi connectivity index (χ0v) is 11.3. The summed E-state index contributed by atoms with van der Waals surface area (Å²) in [5, 5.41) is 8.86. The molecule has 0 spiro atoms. The zero-order valence-electron chi connectivity index (χ0n) is 9.75. The predicted molar refractivity (Wildman–Crippen MR) is 68.7 cm³/mol. The van der Waals surface area contributed by atoms with Gasteiger partial charge in [-0.1, -0.05) is 23.2 Å². The molecule has 2 aromatic rings. The van der Waals surface area contributed by atoms with Crippen LogP contribution in [0.5, 0.6) is 0 Å². The fraction of sp³-hybridized carbons (Fsp3) is 0.182. The normalized spacial score (nSPS) is 12.2. The van der Waals surface area contributed by atoms with Crippen LogP contribution in [0.25, 0.3) is 0 Å². The Bertz CT molecular complexity index is 603. The van der Waals surface area contributed by atoms with Crippen molar-refractivity contribution >= 4 is 29.1 Å². The second-order valence-electron chi connectivity index (χ2n) is 3.81.